The van der Waals surface area contributed by atoms with Crippen molar-refractivity contribution in [1.82, 2.24) is 5.32 Å². The fourth-order valence-electron chi connectivity index (χ4n) is 1.46. The van der Waals surface area contributed by atoms with Gasteiger partial charge in [0, 0.05) is 9.75 Å². The molecule has 0 radical (unpaired) electrons. The lowest BCUT2D eigenvalue weighted by Crippen LogP contribution is -2.25. The van der Waals surface area contributed by atoms with Crippen LogP contribution >= 0.6 is 27.3 Å². The van der Waals surface area contributed by atoms with Crippen LogP contribution in [0.4, 0.5) is 0 Å². The number of rotatable bonds is 3. The molecule has 0 aliphatic heterocycles. The van der Waals surface area contributed by atoms with Crippen molar-refractivity contribution in [1.29, 1.82) is 0 Å². The Hall–Kier alpha value is -1.07. The molecule has 2 aromatic rings. The predicted molar refractivity (Wildman–Crippen MR) is 71.3 cm³/mol. The Bertz CT molecular complexity index is 532. The van der Waals surface area contributed by atoms with E-state index in [0.717, 1.165) is 4.88 Å². The van der Waals surface area contributed by atoms with Crippen LogP contribution < -0.4 is 5.32 Å². The maximum atomic E-state index is 11.8. The van der Waals surface area contributed by atoms with E-state index in [1.54, 1.807) is 23.5 Å². The number of carbonyl (C=O) groups is 1. The van der Waals surface area contributed by atoms with Gasteiger partial charge in [-0.05, 0) is 54.0 Å². The summed E-state index contributed by atoms with van der Waals surface area (Å²) in [4.78, 5) is 14.2. The molecule has 0 saturated heterocycles. The smallest absolute Gasteiger partial charge is 0.287 e. The molecule has 2 rings (SSSR count). The Balaban J connectivity index is 2.04. The molecular formula is C12H12BrNO2S. The van der Waals surface area contributed by atoms with E-state index in [4.69, 9.17) is 4.42 Å². The molecule has 1 atom stereocenters. The fraction of sp³-hybridized carbons (Fsp3) is 0.250. The lowest BCUT2D eigenvalue weighted by molar-refractivity contribution is 0.0911. The summed E-state index contributed by atoms with van der Waals surface area (Å²) in [7, 11) is 0. The van der Waals surface area contributed by atoms with Crippen molar-refractivity contribution >= 4 is 33.2 Å². The maximum absolute atomic E-state index is 11.8. The SMILES string of the molecule is Cc1ccc(C(C)NC(=O)c2ccc(Br)o2)s1. The molecule has 0 spiro atoms. The highest BCUT2D eigenvalue weighted by Gasteiger charge is 2.15. The van der Waals surface area contributed by atoms with Gasteiger partial charge in [0.05, 0.1) is 6.04 Å². The second-order valence-corrected chi connectivity index (χ2v) is 5.85. The van der Waals surface area contributed by atoms with E-state index in [1.807, 2.05) is 26.0 Å². The average Bonchev–Trinajstić information content (AvgIpc) is 2.87. The molecule has 0 bridgehead atoms. The summed E-state index contributed by atoms with van der Waals surface area (Å²) < 4.78 is 5.75. The van der Waals surface area contributed by atoms with E-state index in [1.165, 1.54) is 4.88 Å². The van der Waals surface area contributed by atoms with Gasteiger partial charge >= 0.3 is 0 Å². The molecule has 90 valence electrons. The largest absolute Gasteiger partial charge is 0.444 e. The van der Waals surface area contributed by atoms with Crippen molar-refractivity contribution < 1.29 is 9.21 Å². The van der Waals surface area contributed by atoms with Gasteiger partial charge in [0.1, 0.15) is 0 Å². The van der Waals surface area contributed by atoms with E-state index >= 15 is 0 Å². The summed E-state index contributed by atoms with van der Waals surface area (Å²) in [6, 6.07) is 7.42. The normalized spacial score (nSPS) is 12.4. The predicted octanol–water partition coefficient (Wildman–Crippen LogP) is 3.90. The number of hydrogen-bond acceptors (Lipinski definition) is 3. The summed E-state index contributed by atoms with van der Waals surface area (Å²) >= 11 is 4.85. The first-order chi connectivity index (χ1) is 8.06. The van der Waals surface area contributed by atoms with Gasteiger partial charge in [-0.2, -0.15) is 0 Å². The third kappa shape index (κ3) is 2.98. The molecule has 0 aliphatic rings. The number of furan rings is 1. The Morgan fingerprint density at radius 3 is 2.71 bits per heavy atom. The van der Waals surface area contributed by atoms with Crippen molar-refractivity contribution in [2.75, 3.05) is 0 Å². The van der Waals surface area contributed by atoms with Crippen LogP contribution in [-0.2, 0) is 0 Å². The van der Waals surface area contributed by atoms with E-state index in [0.29, 0.717) is 10.4 Å². The number of aryl methyl sites for hydroxylation is 1. The molecule has 2 aromatic heterocycles. The Morgan fingerprint density at radius 1 is 1.41 bits per heavy atom. The van der Waals surface area contributed by atoms with Crippen molar-refractivity contribution in [2.45, 2.75) is 19.9 Å². The second-order valence-electron chi connectivity index (χ2n) is 3.75. The standard InChI is InChI=1S/C12H12BrNO2S/c1-7-3-5-10(17-7)8(2)14-12(15)9-4-6-11(13)16-9/h3-6,8H,1-2H3,(H,14,15). The lowest BCUT2D eigenvalue weighted by Gasteiger charge is -2.10. The van der Waals surface area contributed by atoms with Crippen molar-refractivity contribution in [3.8, 4) is 0 Å². The van der Waals surface area contributed by atoms with Gasteiger partial charge in [0.2, 0.25) is 0 Å². The molecule has 2 heterocycles. The minimum Gasteiger partial charge on any atom is -0.444 e. The molecule has 5 heteroatoms. The van der Waals surface area contributed by atoms with Crippen LogP contribution in [-0.4, -0.2) is 5.91 Å². The Morgan fingerprint density at radius 2 is 2.18 bits per heavy atom. The number of halogens is 1. The molecule has 0 fully saturated rings. The molecule has 0 aliphatic carbocycles. The molecule has 1 amide bonds. The first-order valence-electron chi connectivity index (χ1n) is 5.19. The Labute approximate surface area is 112 Å². The highest BCUT2D eigenvalue weighted by atomic mass is 79.9. The average molecular weight is 314 g/mol. The highest BCUT2D eigenvalue weighted by molar-refractivity contribution is 9.10. The molecule has 0 aromatic carbocycles. The van der Waals surface area contributed by atoms with Crippen molar-refractivity contribution in [3.05, 3.63) is 44.4 Å². The number of carbonyl (C=O) groups excluding carboxylic acids is 1. The molecule has 3 nitrogen and oxygen atoms in total. The quantitative estimate of drug-likeness (QED) is 0.933. The van der Waals surface area contributed by atoms with E-state index in [-0.39, 0.29) is 11.9 Å². The minimum atomic E-state index is -0.200. The molecule has 0 saturated carbocycles. The molecule has 1 N–H and O–H groups in total. The number of thiophene rings is 1. The van der Waals surface area contributed by atoms with E-state index in [2.05, 4.69) is 21.2 Å². The zero-order chi connectivity index (χ0) is 12.4. The zero-order valence-corrected chi connectivity index (χ0v) is 11.9. The van der Waals surface area contributed by atoms with Crippen LogP contribution in [0.2, 0.25) is 0 Å². The fourth-order valence-corrected chi connectivity index (χ4v) is 2.65. The summed E-state index contributed by atoms with van der Waals surface area (Å²) in [5, 5.41) is 2.90. The first-order valence-corrected chi connectivity index (χ1v) is 6.80. The molecule has 17 heavy (non-hydrogen) atoms. The van der Waals surface area contributed by atoms with Crippen molar-refractivity contribution in [3.63, 3.8) is 0 Å². The topological polar surface area (TPSA) is 42.2 Å². The van der Waals surface area contributed by atoms with Gasteiger partial charge in [-0.3, -0.25) is 4.79 Å². The molecular weight excluding hydrogens is 302 g/mol. The maximum Gasteiger partial charge on any atom is 0.287 e. The summed E-state index contributed by atoms with van der Waals surface area (Å²) in [6.07, 6.45) is 0. The van der Waals surface area contributed by atoms with Gasteiger partial charge in [-0.15, -0.1) is 11.3 Å². The second kappa shape index (κ2) is 5.06. The van der Waals surface area contributed by atoms with Crippen LogP contribution in [0.3, 0.4) is 0 Å². The lowest BCUT2D eigenvalue weighted by atomic mass is 10.2. The van der Waals surface area contributed by atoms with E-state index in [9.17, 15) is 4.79 Å². The zero-order valence-electron chi connectivity index (χ0n) is 9.49. The van der Waals surface area contributed by atoms with Crippen LogP contribution in [0.15, 0.2) is 33.4 Å². The van der Waals surface area contributed by atoms with Crippen molar-refractivity contribution in [2.24, 2.45) is 0 Å². The summed E-state index contributed by atoms with van der Waals surface area (Å²) in [5.41, 5.74) is 0. The summed E-state index contributed by atoms with van der Waals surface area (Å²) in [5.74, 6) is 0.117. The Kier molecular flexibility index (Phi) is 3.69. The third-order valence-electron chi connectivity index (χ3n) is 2.33. The number of nitrogens with one attached hydrogen (secondary N) is 1. The third-order valence-corrected chi connectivity index (χ3v) is 3.94. The number of hydrogen-bond donors (Lipinski definition) is 1. The summed E-state index contributed by atoms with van der Waals surface area (Å²) in [6.45, 7) is 4.01. The molecule has 1 unspecified atom stereocenters. The van der Waals surface area contributed by atoms with Gasteiger partial charge in [-0.25, -0.2) is 0 Å². The van der Waals surface area contributed by atoms with Gasteiger partial charge in [-0.1, -0.05) is 0 Å². The highest BCUT2D eigenvalue weighted by Crippen LogP contribution is 2.23. The van der Waals surface area contributed by atoms with Gasteiger partial charge < -0.3 is 9.73 Å². The van der Waals surface area contributed by atoms with Crippen LogP contribution in [0.25, 0.3) is 0 Å². The van der Waals surface area contributed by atoms with Gasteiger partial charge in [0.15, 0.2) is 10.4 Å². The first kappa shape index (κ1) is 12.4. The van der Waals surface area contributed by atoms with Crippen LogP contribution in [0.5, 0.6) is 0 Å². The van der Waals surface area contributed by atoms with E-state index < -0.39 is 0 Å². The van der Waals surface area contributed by atoms with Crippen LogP contribution in [0, 0.1) is 6.92 Å². The number of amides is 1. The van der Waals surface area contributed by atoms with Gasteiger partial charge in [0.25, 0.3) is 5.91 Å². The van der Waals surface area contributed by atoms with Crippen LogP contribution in [0.1, 0.15) is 33.3 Å². The minimum absolute atomic E-state index is 0.00919. The monoisotopic (exact) mass is 313 g/mol.